The SMILES string of the molecule is Cc1[nH]nc(S(=O)(=O)N2CCC(N(C)C)CC2)c1C(=O)O. The molecule has 1 saturated heterocycles. The van der Waals surface area contributed by atoms with Gasteiger partial charge in [-0.05, 0) is 33.9 Å². The number of aromatic amines is 1. The van der Waals surface area contributed by atoms with Gasteiger partial charge in [-0.1, -0.05) is 0 Å². The minimum absolute atomic E-state index is 0.240. The second-order valence-electron chi connectivity index (χ2n) is 5.43. The zero-order valence-corrected chi connectivity index (χ0v) is 13.1. The maximum absolute atomic E-state index is 12.6. The predicted octanol–water partition coefficient (Wildman–Crippen LogP) is 0.131. The highest BCUT2D eigenvalue weighted by molar-refractivity contribution is 7.89. The number of carbonyl (C=O) groups is 1. The molecule has 0 unspecified atom stereocenters. The Bertz CT molecular complexity index is 630. The summed E-state index contributed by atoms with van der Waals surface area (Å²) in [6.45, 7) is 2.24. The van der Waals surface area contributed by atoms with E-state index in [0.29, 0.717) is 19.1 Å². The van der Waals surface area contributed by atoms with Crippen molar-refractivity contribution in [3.8, 4) is 0 Å². The van der Waals surface area contributed by atoms with Gasteiger partial charge in [-0.15, -0.1) is 0 Å². The lowest BCUT2D eigenvalue weighted by Crippen LogP contribution is -2.44. The molecule has 0 radical (unpaired) electrons. The molecule has 21 heavy (non-hydrogen) atoms. The molecule has 0 amide bonds. The topological polar surface area (TPSA) is 107 Å². The van der Waals surface area contributed by atoms with Gasteiger partial charge < -0.3 is 10.0 Å². The molecule has 118 valence electrons. The molecule has 2 heterocycles. The van der Waals surface area contributed by atoms with Gasteiger partial charge in [0.25, 0.3) is 10.0 Å². The van der Waals surface area contributed by atoms with Gasteiger partial charge in [0.15, 0.2) is 0 Å². The Hall–Kier alpha value is -1.45. The molecule has 0 atom stereocenters. The van der Waals surface area contributed by atoms with Crippen molar-refractivity contribution in [2.24, 2.45) is 0 Å². The number of piperidine rings is 1. The molecular formula is C12H20N4O4S. The fraction of sp³-hybridized carbons (Fsp3) is 0.667. The summed E-state index contributed by atoms with van der Waals surface area (Å²) in [5.74, 6) is -1.29. The van der Waals surface area contributed by atoms with Crippen LogP contribution in [-0.4, -0.2) is 72.1 Å². The van der Waals surface area contributed by atoms with E-state index in [9.17, 15) is 13.2 Å². The van der Waals surface area contributed by atoms with Crippen molar-refractivity contribution in [3.05, 3.63) is 11.3 Å². The Morgan fingerprint density at radius 1 is 1.38 bits per heavy atom. The summed E-state index contributed by atoms with van der Waals surface area (Å²) in [6, 6.07) is 0.344. The number of nitrogens with zero attached hydrogens (tertiary/aromatic N) is 3. The summed E-state index contributed by atoms with van der Waals surface area (Å²) < 4.78 is 26.5. The van der Waals surface area contributed by atoms with Gasteiger partial charge in [-0.25, -0.2) is 13.2 Å². The van der Waals surface area contributed by atoms with Crippen LogP contribution in [0.2, 0.25) is 0 Å². The highest BCUT2D eigenvalue weighted by Crippen LogP contribution is 2.24. The number of H-pyrrole nitrogens is 1. The van der Waals surface area contributed by atoms with Crippen molar-refractivity contribution < 1.29 is 18.3 Å². The van der Waals surface area contributed by atoms with Crippen LogP contribution in [0.15, 0.2) is 5.03 Å². The zero-order valence-electron chi connectivity index (χ0n) is 12.3. The van der Waals surface area contributed by atoms with Crippen molar-refractivity contribution in [1.29, 1.82) is 0 Å². The van der Waals surface area contributed by atoms with Crippen molar-refractivity contribution in [2.45, 2.75) is 30.8 Å². The number of aromatic nitrogens is 2. The van der Waals surface area contributed by atoms with Crippen LogP contribution in [-0.2, 0) is 10.0 Å². The van der Waals surface area contributed by atoms with E-state index in [1.54, 1.807) is 0 Å². The molecule has 2 rings (SSSR count). The first-order valence-electron chi connectivity index (χ1n) is 6.70. The summed E-state index contributed by atoms with van der Waals surface area (Å²) >= 11 is 0. The molecule has 1 fully saturated rings. The quantitative estimate of drug-likeness (QED) is 0.818. The number of rotatable bonds is 4. The average Bonchev–Trinajstić information content (AvgIpc) is 2.81. The summed E-state index contributed by atoms with van der Waals surface area (Å²) in [4.78, 5) is 13.3. The highest BCUT2D eigenvalue weighted by atomic mass is 32.2. The van der Waals surface area contributed by atoms with E-state index in [4.69, 9.17) is 5.11 Å². The number of carboxylic acids is 1. The van der Waals surface area contributed by atoms with Crippen LogP contribution in [0.4, 0.5) is 0 Å². The number of nitrogens with one attached hydrogen (secondary N) is 1. The normalized spacial score (nSPS) is 18.3. The van der Waals surface area contributed by atoms with Gasteiger partial charge in [0, 0.05) is 24.8 Å². The minimum atomic E-state index is -3.87. The van der Waals surface area contributed by atoms with Crippen LogP contribution in [0.5, 0.6) is 0 Å². The summed E-state index contributed by atoms with van der Waals surface area (Å²) in [7, 11) is 0.0590. The molecule has 9 heteroatoms. The van der Waals surface area contributed by atoms with Crippen LogP contribution in [0.3, 0.4) is 0 Å². The van der Waals surface area contributed by atoms with Crippen LogP contribution >= 0.6 is 0 Å². The Balaban J connectivity index is 2.26. The largest absolute Gasteiger partial charge is 0.478 e. The standard InChI is InChI=1S/C12H20N4O4S/c1-8-10(12(17)18)11(14-13-8)21(19,20)16-6-4-9(5-7-16)15(2)3/h9H,4-7H2,1-3H3,(H,13,14)(H,17,18). The smallest absolute Gasteiger partial charge is 0.340 e. The number of aromatic carboxylic acids is 1. The number of aryl methyl sites for hydroxylation is 1. The summed E-state index contributed by atoms with van der Waals surface area (Å²) in [5.41, 5.74) is -0.0333. The molecular weight excluding hydrogens is 296 g/mol. The number of carboxylic acid groups (broad SMARTS) is 1. The molecule has 0 aromatic carbocycles. The van der Waals surface area contributed by atoms with E-state index in [-0.39, 0.29) is 11.3 Å². The minimum Gasteiger partial charge on any atom is -0.478 e. The third-order valence-corrected chi connectivity index (χ3v) is 5.69. The van der Waals surface area contributed by atoms with Gasteiger partial charge in [0.05, 0.1) is 0 Å². The van der Waals surface area contributed by atoms with Crippen LogP contribution in [0.1, 0.15) is 28.9 Å². The van der Waals surface area contributed by atoms with Crippen LogP contribution < -0.4 is 0 Å². The molecule has 8 nitrogen and oxygen atoms in total. The molecule has 0 spiro atoms. The number of hydrogen-bond acceptors (Lipinski definition) is 5. The zero-order chi connectivity index (χ0) is 15.8. The Morgan fingerprint density at radius 2 is 1.95 bits per heavy atom. The molecule has 1 aliphatic rings. The van der Waals surface area contributed by atoms with Gasteiger partial charge in [-0.3, -0.25) is 5.10 Å². The van der Waals surface area contributed by atoms with Crippen LogP contribution in [0.25, 0.3) is 0 Å². The predicted molar refractivity (Wildman–Crippen MR) is 75.8 cm³/mol. The van der Waals surface area contributed by atoms with Crippen molar-refractivity contribution >= 4 is 16.0 Å². The third-order valence-electron chi connectivity index (χ3n) is 3.87. The van der Waals surface area contributed by atoms with Gasteiger partial charge in [0.1, 0.15) is 5.56 Å². The van der Waals surface area contributed by atoms with Crippen molar-refractivity contribution in [3.63, 3.8) is 0 Å². The molecule has 2 N–H and O–H groups in total. The fourth-order valence-corrected chi connectivity index (χ4v) is 4.16. The van der Waals surface area contributed by atoms with Crippen molar-refractivity contribution in [2.75, 3.05) is 27.2 Å². The molecule has 1 aromatic heterocycles. The van der Waals surface area contributed by atoms with Crippen molar-refractivity contribution in [1.82, 2.24) is 19.4 Å². The van der Waals surface area contributed by atoms with E-state index in [1.165, 1.54) is 11.2 Å². The number of hydrogen-bond donors (Lipinski definition) is 2. The molecule has 0 saturated carbocycles. The first-order chi connectivity index (χ1) is 9.75. The molecule has 0 bridgehead atoms. The Labute approximate surface area is 123 Å². The Morgan fingerprint density at radius 3 is 2.43 bits per heavy atom. The van der Waals surface area contributed by atoms with Gasteiger partial charge >= 0.3 is 5.97 Å². The molecule has 1 aliphatic heterocycles. The van der Waals surface area contributed by atoms with Crippen LogP contribution in [0, 0.1) is 6.92 Å². The third kappa shape index (κ3) is 2.94. The van der Waals surface area contributed by atoms with E-state index in [0.717, 1.165) is 12.8 Å². The second-order valence-corrected chi connectivity index (χ2v) is 7.29. The molecule has 0 aliphatic carbocycles. The monoisotopic (exact) mass is 316 g/mol. The lowest BCUT2D eigenvalue weighted by Gasteiger charge is -2.34. The average molecular weight is 316 g/mol. The maximum Gasteiger partial charge on any atom is 0.340 e. The summed E-state index contributed by atoms with van der Waals surface area (Å²) in [5, 5.41) is 14.9. The first kappa shape index (κ1) is 15.9. The van der Waals surface area contributed by atoms with Gasteiger partial charge in [-0.2, -0.15) is 9.40 Å². The summed E-state index contributed by atoms with van der Waals surface area (Å²) in [6.07, 6.45) is 1.44. The molecule has 1 aromatic rings. The maximum atomic E-state index is 12.6. The lowest BCUT2D eigenvalue weighted by atomic mass is 10.1. The van der Waals surface area contributed by atoms with E-state index < -0.39 is 21.0 Å². The van der Waals surface area contributed by atoms with E-state index >= 15 is 0 Å². The van der Waals surface area contributed by atoms with Gasteiger partial charge in [0.2, 0.25) is 5.03 Å². The Kier molecular flexibility index (Phi) is 4.35. The second kappa shape index (κ2) is 5.74. The van der Waals surface area contributed by atoms with E-state index in [1.807, 2.05) is 14.1 Å². The fourth-order valence-electron chi connectivity index (χ4n) is 2.57. The highest BCUT2D eigenvalue weighted by Gasteiger charge is 2.35. The first-order valence-corrected chi connectivity index (χ1v) is 8.14. The lowest BCUT2D eigenvalue weighted by molar-refractivity contribution is 0.0691. The number of sulfonamides is 1. The van der Waals surface area contributed by atoms with E-state index in [2.05, 4.69) is 15.1 Å².